The van der Waals surface area contributed by atoms with Gasteiger partial charge in [-0.3, -0.25) is 0 Å². The molecule has 1 aromatic rings. The summed E-state index contributed by atoms with van der Waals surface area (Å²) in [7, 11) is -4.23. The molecule has 2 rings (SSSR count). The van der Waals surface area contributed by atoms with E-state index in [1.165, 1.54) is 0 Å². The fourth-order valence-corrected chi connectivity index (χ4v) is 2.70. The maximum absolute atomic E-state index is 13.5. The molecule has 0 atom stereocenters. The lowest BCUT2D eigenvalue weighted by molar-refractivity contribution is 0.00887. The Bertz CT molecular complexity index is 628. The number of halogens is 2. The van der Waals surface area contributed by atoms with Gasteiger partial charge in [0.2, 0.25) is 10.0 Å². The molecule has 1 aliphatic rings. The van der Waals surface area contributed by atoms with Crippen molar-refractivity contribution in [1.29, 1.82) is 0 Å². The van der Waals surface area contributed by atoms with Crippen LogP contribution in [0, 0.1) is 5.82 Å². The quantitative estimate of drug-likeness (QED) is 0.843. The zero-order valence-corrected chi connectivity index (χ0v) is 12.1. The lowest BCUT2D eigenvalue weighted by Gasteiger charge is -2.25. The highest BCUT2D eigenvalue weighted by atomic mass is 79.9. The standard InChI is InChI=1S/C11H11BrFNO4S/c12-8-5-9(13)10(19(14,16)17)4-7(8)11(15)18-6-2-1-3-6/h4-6H,1-3H2,(H2,14,16,17). The van der Waals surface area contributed by atoms with Gasteiger partial charge in [0.05, 0.1) is 5.56 Å². The van der Waals surface area contributed by atoms with Gasteiger partial charge in [-0.15, -0.1) is 0 Å². The van der Waals surface area contributed by atoms with E-state index in [1.807, 2.05) is 0 Å². The molecule has 1 aromatic carbocycles. The van der Waals surface area contributed by atoms with E-state index < -0.39 is 26.7 Å². The zero-order chi connectivity index (χ0) is 14.2. The Morgan fingerprint density at radius 2 is 2.05 bits per heavy atom. The number of primary sulfonamides is 1. The van der Waals surface area contributed by atoms with Crippen LogP contribution in [0.25, 0.3) is 0 Å². The normalized spacial score (nSPS) is 15.9. The molecule has 0 heterocycles. The van der Waals surface area contributed by atoms with Crippen LogP contribution in [0.4, 0.5) is 4.39 Å². The maximum Gasteiger partial charge on any atom is 0.339 e. The molecule has 0 bridgehead atoms. The number of hydrogen-bond donors (Lipinski definition) is 1. The third-order valence-electron chi connectivity index (χ3n) is 2.87. The number of carbonyl (C=O) groups excluding carboxylic acids is 1. The van der Waals surface area contributed by atoms with Gasteiger partial charge in [-0.2, -0.15) is 0 Å². The Labute approximate surface area is 118 Å². The number of rotatable bonds is 3. The SMILES string of the molecule is NS(=O)(=O)c1cc(C(=O)OC2CCC2)c(Br)cc1F. The van der Waals surface area contributed by atoms with Gasteiger partial charge in [0.1, 0.15) is 16.8 Å². The molecule has 1 saturated carbocycles. The van der Waals surface area contributed by atoms with Gasteiger partial charge in [-0.1, -0.05) is 0 Å². The lowest BCUT2D eigenvalue weighted by Crippen LogP contribution is -2.25. The summed E-state index contributed by atoms with van der Waals surface area (Å²) in [6.45, 7) is 0. The van der Waals surface area contributed by atoms with Crippen LogP contribution in [-0.2, 0) is 14.8 Å². The molecular formula is C11H11BrFNO4S. The van der Waals surface area contributed by atoms with E-state index in [0.717, 1.165) is 31.4 Å². The van der Waals surface area contributed by atoms with Crippen LogP contribution in [-0.4, -0.2) is 20.5 Å². The van der Waals surface area contributed by atoms with Crippen molar-refractivity contribution in [2.24, 2.45) is 5.14 Å². The first kappa shape index (κ1) is 14.4. The molecule has 0 spiro atoms. The second kappa shape index (κ2) is 5.18. The smallest absolute Gasteiger partial charge is 0.339 e. The zero-order valence-electron chi connectivity index (χ0n) is 9.73. The van der Waals surface area contributed by atoms with Crippen LogP contribution in [0.2, 0.25) is 0 Å². The average Bonchev–Trinajstić information content (AvgIpc) is 2.21. The van der Waals surface area contributed by atoms with Crippen LogP contribution in [0.3, 0.4) is 0 Å². The van der Waals surface area contributed by atoms with E-state index in [9.17, 15) is 17.6 Å². The van der Waals surface area contributed by atoms with E-state index in [2.05, 4.69) is 15.9 Å². The summed E-state index contributed by atoms with van der Waals surface area (Å²) in [5, 5.41) is 4.88. The second-order valence-electron chi connectivity index (χ2n) is 4.27. The van der Waals surface area contributed by atoms with Crippen molar-refractivity contribution in [3.8, 4) is 0 Å². The third-order valence-corrected chi connectivity index (χ3v) is 4.46. The predicted octanol–water partition coefficient (Wildman–Crippen LogP) is 1.94. The summed E-state index contributed by atoms with van der Waals surface area (Å²) in [5.74, 6) is -1.71. The monoisotopic (exact) mass is 351 g/mol. The van der Waals surface area contributed by atoms with Crippen molar-refractivity contribution in [1.82, 2.24) is 0 Å². The van der Waals surface area contributed by atoms with Crippen molar-refractivity contribution in [3.63, 3.8) is 0 Å². The van der Waals surface area contributed by atoms with E-state index in [4.69, 9.17) is 9.88 Å². The molecule has 5 nitrogen and oxygen atoms in total. The Morgan fingerprint density at radius 3 is 2.53 bits per heavy atom. The fourth-order valence-electron chi connectivity index (χ4n) is 1.61. The minimum atomic E-state index is -4.23. The molecule has 0 amide bonds. The molecule has 0 saturated heterocycles. The highest BCUT2D eigenvalue weighted by molar-refractivity contribution is 9.10. The number of carbonyl (C=O) groups is 1. The third kappa shape index (κ3) is 3.13. The maximum atomic E-state index is 13.5. The molecule has 1 fully saturated rings. The van der Waals surface area contributed by atoms with E-state index in [-0.39, 0.29) is 16.1 Å². The van der Waals surface area contributed by atoms with Crippen LogP contribution in [0.5, 0.6) is 0 Å². The molecule has 0 radical (unpaired) electrons. The topological polar surface area (TPSA) is 86.5 Å². The summed E-state index contributed by atoms with van der Waals surface area (Å²) in [6.07, 6.45) is 2.41. The van der Waals surface area contributed by atoms with Crippen molar-refractivity contribution < 1.29 is 22.3 Å². The summed E-state index contributed by atoms with van der Waals surface area (Å²) in [4.78, 5) is 11.1. The highest BCUT2D eigenvalue weighted by Gasteiger charge is 2.26. The lowest BCUT2D eigenvalue weighted by atomic mass is 9.96. The van der Waals surface area contributed by atoms with E-state index >= 15 is 0 Å². The van der Waals surface area contributed by atoms with Gasteiger partial charge in [-0.05, 0) is 47.3 Å². The Kier molecular flexibility index (Phi) is 3.93. The van der Waals surface area contributed by atoms with E-state index in [1.54, 1.807) is 0 Å². The molecule has 19 heavy (non-hydrogen) atoms. The van der Waals surface area contributed by atoms with Crippen LogP contribution in [0.1, 0.15) is 29.6 Å². The van der Waals surface area contributed by atoms with Gasteiger partial charge in [0.15, 0.2) is 0 Å². The van der Waals surface area contributed by atoms with Gasteiger partial charge < -0.3 is 4.74 Å². The number of ether oxygens (including phenoxy) is 1. The molecule has 0 aromatic heterocycles. The number of hydrogen-bond acceptors (Lipinski definition) is 4. The number of benzene rings is 1. The Balaban J connectivity index is 2.36. The highest BCUT2D eigenvalue weighted by Crippen LogP contribution is 2.27. The second-order valence-corrected chi connectivity index (χ2v) is 6.65. The van der Waals surface area contributed by atoms with Crippen LogP contribution >= 0.6 is 15.9 Å². The minimum Gasteiger partial charge on any atom is -0.459 e. The van der Waals surface area contributed by atoms with Gasteiger partial charge in [0.25, 0.3) is 0 Å². The molecular weight excluding hydrogens is 341 g/mol. The molecule has 104 valence electrons. The predicted molar refractivity (Wildman–Crippen MR) is 68.5 cm³/mol. The minimum absolute atomic E-state index is 0.0580. The van der Waals surface area contributed by atoms with Crippen LogP contribution in [0.15, 0.2) is 21.5 Å². The molecule has 0 aliphatic heterocycles. The van der Waals surface area contributed by atoms with Crippen molar-refractivity contribution in [2.45, 2.75) is 30.3 Å². The fraction of sp³-hybridized carbons (Fsp3) is 0.364. The van der Waals surface area contributed by atoms with Crippen molar-refractivity contribution in [3.05, 3.63) is 28.0 Å². The van der Waals surface area contributed by atoms with E-state index in [0.29, 0.717) is 0 Å². The summed E-state index contributed by atoms with van der Waals surface area (Å²) >= 11 is 3.00. The number of nitrogens with two attached hydrogens (primary N) is 1. The molecule has 0 unspecified atom stereocenters. The Morgan fingerprint density at radius 1 is 1.42 bits per heavy atom. The van der Waals surface area contributed by atoms with Gasteiger partial charge in [0, 0.05) is 4.47 Å². The average molecular weight is 352 g/mol. The summed E-state index contributed by atoms with van der Waals surface area (Å²) in [5.41, 5.74) is -0.0580. The number of esters is 1. The summed E-state index contributed by atoms with van der Waals surface area (Å²) < 4.78 is 41.1. The van der Waals surface area contributed by atoms with Crippen molar-refractivity contribution >= 4 is 31.9 Å². The first-order valence-corrected chi connectivity index (χ1v) is 7.86. The van der Waals surface area contributed by atoms with Gasteiger partial charge in [-0.25, -0.2) is 22.7 Å². The van der Waals surface area contributed by atoms with Gasteiger partial charge >= 0.3 is 5.97 Å². The van der Waals surface area contributed by atoms with Crippen LogP contribution < -0.4 is 5.14 Å². The largest absolute Gasteiger partial charge is 0.459 e. The molecule has 8 heteroatoms. The Hall–Kier alpha value is -0.990. The first-order valence-electron chi connectivity index (χ1n) is 5.52. The molecule has 1 aliphatic carbocycles. The number of sulfonamides is 1. The first-order chi connectivity index (χ1) is 8.79. The summed E-state index contributed by atoms with van der Waals surface area (Å²) in [6, 6.07) is 1.77. The van der Waals surface area contributed by atoms with Crippen molar-refractivity contribution in [2.75, 3.05) is 0 Å². The molecule has 2 N–H and O–H groups in total.